The molecule has 14 atom stereocenters. The van der Waals surface area contributed by atoms with Crippen molar-refractivity contribution in [3.8, 4) is 17.2 Å². The van der Waals surface area contributed by atoms with Gasteiger partial charge in [-0.2, -0.15) is 0 Å². The molecule has 2 aliphatic carbocycles. The number of carboxylic acid groups (broad SMARTS) is 1. The molecule has 17 N–H and O–H groups in total. The maximum absolute atomic E-state index is 14.1. The van der Waals surface area contributed by atoms with Gasteiger partial charge in [0, 0.05) is 158 Å². The molecule has 149 heavy (non-hydrogen) atoms. The molecule has 5 heterocycles. The Morgan fingerprint density at radius 1 is 0.584 bits per heavy atom. The molecule has 12 rings (SSSR count). The van der Waals surface area contributed by atoms with Crippen LogP contribution in [0.1, 0.15) is 236 Å². The van der Waals surface area contributed by atoms with Crippen LogP contribution in [0, 0.1) is 35.5 Å². The molecule has 0 spiro atoms. The number of methoxy groups -OCH3 is 1. The van der Waals surface area contributed by atoms with E-state index >= 15 is 0 Å². The molecular weight excluding hydrogens is 1960 g/mol. The molecule has 5 aromatic rings. The second-order valence-corrected chi connectivity index (χ2v) is 40.9. The zero-order valence-electron chi connectivity index (χ0n) is 84.2. The molecule has 0 unspecified atom stereocenters. The Bertz CT molecular complexity index is 5940. The van der Waals surface area contributed by atoms with Crippen molar-refractivity contribution in [2.75, 3.05) is 50.5 Å². The molecule has 15 amide bonds. The Morgan fingerprint density at radius 2 is 1.08 bits per heavy atom. The van der Waals surface area contributed by atoms with E-state index in [9.17, 15) is 121 Å². The number of thioether (sulfide) groups is 1. The molecule has 5 aliphatic heterocycles. The Hall–Kier alpha value is -14.6. The predicted molar refractivity (Wildman–Crippen MR) is 536 cm³/mol. The number of imide groups is 2. The number of anilines is 2. The molecule has 3 saturated heterocycles. The van der Waals surface area contributed by atoms with Gasteiger partial charge in [-0.05, 0) is 131 Å². The number of urea groups is 2. The maximum Gasteiger partial charge on any atom is 0.408 e. The van der Waals surface area contributed by atoms with Crippen molar-refractivity contribution >= 4 is 141 Å². The minimum atomic E-state index is -2.37. The van der Waals surface area contributed by atoms with E-state index in [0.29, 0.717) is 79.4 Å². The fourth-order valence-electron chi connectivity index (χ4n) is 19.1. The molecule has 0 aromatic heterocycles. The van der Waals surface area contributed by atoms with Crippen LogP contribution in [-0.4, -0.2) is 250 Å². The summed E-state index contributed by atoms with van der Waals surface area (Å²) in [5.74, 6) is -13.4. The second-order valence-electron chi connectivity index (χ2n) is 39.1. The number of aliphatic carboxylic acids is 1. The van der Waals surface area contributed by atoms with Crippen LogP contribution in [0.25, 0.3) is 0 Å². The first-order valence-corrected chi connectivity index (χ1v) is 50.4. The van der Waals surface area contributed by atoms with Gasteiger partial charge in [-0.25, -0.2) is 24.0 Å². The first kappa shape index (κ1) is 115. The first-order chi connectivity index (χ1) is 70.7. The number of alkyl carbamates (subject to hydrolysis) is 2. The minimum Gasteiger partial charge on any atom is -0.507 e. The quantitative estimate of drug-likeness (QED) is 0.00749. The highest BCUT2D eigenvalue weighted by molar-refractivity contribution is 8.01. The lowest BCUT2D eigenvalue weighted by atomic mass is 9.72. The Balaban J connectivity index is 0.000000289. The van der Waals surface area contributed by atoms with E-state index in [2.05, 4.69) is 42.5 Å². The lowest BCUT2D eigenvalue weighted by Gasteiger charge is -2.43. The average Bonchev–Trinajstić information content (AvgIpc) is 1.61. The predicted octanol–water partition coefficient (Wildman–Crippen LogP) is 7.80. The molecule has 7 aliphatic rings. The third-order valence-electron chi connectivity index (χ3n) is 27.4. The lowest BCUT2D eigenvalue weighted by molar-refractivity contribution is -0.238. The topological polar surface area (TPSA) is 647 Å². The number of carboxylic acids is 1. The Kier molecular flexibility index (Phi) is 39.9. The van der Waals surface area contributed by atoms with Crippen LogP contribution in [-0.2, 0) is 106 Å². The number of ketones is 6. The highest BCUT2D eigenvalue weighted by Crippen LogP contribution is 2.56. The van der Waals surface area contributed by atoms with Crippen LogP contribution in [0.5, 0.6) is 17.2 Å². The summed E-state index contributed by atoms with van der Waals surface area (Å²) in [6, 6.07) is 19.5. The molecule has 0 saturated carbocycles. The van der Waals surface area contributed by atoms with Gasteiger partial charge in [0.15, 0.2) is 35.2 Å². The summed E-state index contributed by atoms with van der Waals surface area (Å²) in [5.41, 5.74) is 8.57. The van der Waals surface area contributed by atoms with Gasteiger partial charge < -0.3 is 108 Å². The average molecular weight is 2090 g/mol. The van der Waals surface area contributed by atoms with Gasteiger partial charge in [0.2, 0.25) is 35.3 Å². The highest BCUT2D eigenvalue weighted by Gasteiger charge is 2.64. The summed E-state index contributed by atoms with van der Waals surface area (Å²) in [6.07, 6.45) is 2.31. The van der Waals surface area contributed by atoms with Crippen molar-refractivity contribution in [3.63, 3.8) is 0 Å². The van der Waals surface area contributed by atoms with Gasteiger partial charge in [0.1, 0.15) is 54.8 Å². The number of fused-ring (bicyclic) bond motifs is 4. The number of nitrogens with one attached hydrogen (secondary N) is 8. The number of primary amides is 2. The molecule has 5 aromatic carbocycles. The second kappa shape index (κ2) is 51.8. The Morgan fingerprint density at radius 3 is 1.56 bits per heavy atom. The number of benzene rings is 5. The largest absolute Gasteiger partial charge is 0.507 e. The standard InChI is InChI=1S/C58H70N6O18.C47H59N7O12S/c1-29(2)50(63-42(68)14-7-6-8-22-64-43(69)19-20-44(64)70)38(66)23-33(11-10-21-60-56(59)76)55(75)61-34-17-15-32(16-18-34)28-80-57(77)62-37-24-45(81-31(4)30(37)3)82-40-26-58(78,41(67)27-65)25-36-47(40)54(74)49-48(52(36)72)51(71)35-12-9-13-39(79-5)46(35)53(49)73;1-27(2)38(51-35(57)15-9-6-10-23-53-36(58)20-21-37(53)59)33(55)24-30(14-11-22-49-45(48)64)41(60)50-31-18-16-28(17-19-31)26-66-46(65)52-39(29-12-7-5-8-13-29)34(56)25-32-42(61)54-40(44(62)63)47(3,4)67-43(32)54/h9,12-13,15-20,29-31,33,37,40,45,50,65,72,74,78H,6-8,10-11,14,21-28H2,1-5H3,(H,61,75)(H,62,77)(H,63,68)(H3,59,60,76);5,7-8,12-13,16-21,27,30,32,38-40,43H,6,9-11,14-15,22-26H2,1-4H3,(H,50,60)(H,51,57)(H,52,65)(H,62,63)(H3,48,49,64)/t30-,31+,33-,37+,40+,45+,50+,58+;30-,32-,38+,39-,40+,43-/m11/s1. The Labute approximate surface area is 863 Å². The summed E-state index contributed by atoms with van der Waals surface area (Å²) in [7, 11) is 1.30. The van der Waals surface area contributed by atoms with Crippen LogP contribution in [0.15, 0.2) is 121 Å². The van der Waals surface area contributed by atoms with E-state index in [1.165, 1.54) is 66.3 Å². The van der Waals surface area contributed by atoms with Gasteiger partial charge in [-0.1, -0.05) is 114 Å². The number of nitrogens with zero attached hydrogens (tertiary/aromatic N) is 3. The maximum atomic E-state index is 14.1. The number of Topliss-reactive ketones (excluding diaryl/α,β-unsaturated/α-hetero) is 4. The number of aromatic hydroxyl groups is 2. The number of carbonyl (C=O) groups is 20. The number of hydrogen-bond donors (Lipinski definition) is 15. The molecule has 0 bridgehead atoms. The summed E-state index contributed by atoms with van der Waals surface area (Å²) in [5, 5.41) is 76.2. The molecule has 0 radical (unpaired) electrons. The summed E-state index contributed by atoms with van der Waals surface area (Å²) in [4.78, 5) is 261. The number of phenols is 2. The number of nitrogens with two attached hydrogens (primary N) is 2. The lowest BCUT2D eigenvalue weighted by Crippen LogP contribution is -2.63. The molecule has 43 nitrogen and oxygen atoms in total. The van der Waals surface area contributed by atoms with E-state index in [4.69, 9.17) is 35.2 Å². The number of hydrogen-bond acceptors (Lipinski definition) is 30. The van der Waals surface area contributed by atoms with Gasteiger partial charge in [0.05, 0.1) is 59.4 Å². The minimum absolute atomic E-state index is 0.0391. The summed E-state index contributed by atoms with van der Waals surface area (Å²) < 4.78 is 28.2. The van der Waals surface area contributed by atoms with Crippen LogP contribution in [0.3, 0.4) is 0 Å². The highest BCUT2D eigenvalue weighted by atomic mass is 32.2. The van der Waals surface area contributed by atoms with E-state index in [1.807, 2.05) is 6.92 Å². The number of aliphatic hydroxyl groups excluding tert-OH is 1. The van der Waals surface area contributed by atoms with Crippen molar-refractivity contribution in [3.05, 3.63) is 171 Å². The van der Waals surface area contributed by atoms with Crippen LogP contribution in [0.4, 0.5) is 30.6 Å². The zero-order chi connectivity index (χ0) is 109. The smallest absolute Gasteiger partial charge is 0.408 e. The summed E-state index contributed by atoms with van der Waals surface area (Å²) in [6.45, 7) is 13.4. The third kappa shape index (κ3) is 29.3. The van der Waals surface area contributed by atoms with Crippen LogP contribution < -0.4 is 58.7 Å². The molecule has 3 fully saturated rings. The van der Waals surface area contributed by atoms with E-state index in [0.717, 1.165) is 9.80 Å². The van der Waals surface area contributed by atoms with Crippen molar-refractivity contribution in [1.29, 1.82) is 0 Å². The zero-order valence-corrected chi connectivity index (χ0v) is 85.0. The third-order valence-corrected chi connectivity index (χ3v) is 29.0. The van der Waals surface area contributed by atoms with Gasteiger partial charge in [-0.15, -0.1) is 11.8 Å². The number of amides is 15. The van der Waals surface area contributed by atoms with Crippen molar-refractivity contribution < 1.29 is 145 Å². The van der Waals surface area contributed by atoms with E-state index in [-0.39, 0.29) is 184 Å². The monoisotopic (exact) mass is 2080 g/mol. The number of rotatable bonds is 50. The first-order valence-electron chi connectivity index (χ1n) is 49.5. The molecular formula is C105H129N13O30S. The normalized spacial score (nSPS) is 20.7. The molecule has 800 valence electrons. The fraction of sp³-hybridized carbons (Fsp3) is 0.486. The number of carbonyl (C=O) groups excluding carboxylic acids is 19. The molecule has 44 heteroatoms. The number of unbranched alkanes of at least 4 members (excludes halogenated alkanes) is 4. The van der Waals surface area contributed by atoms with Crippen molar-refractivity contribution in [1.82, 2.24) is 46.6 Å². The SMILES string of the molecule is CC(C)[C@H](NC(=O)CCCCCN1C(=O)C=CC1=O)C(=O)C[C@@H](CCCNC(N)=O)C(=O)Nc1ccc(COC(=O)N[C@@H](C(=O)C[C@@H]2C(=O)N3[C@@H]2SC(C)(C)[C@@H]3C(=O)O)c2ccccc2)cc1.COc1cccc2c1C(=O)c1c(O)c3c(c(O)c1C2=O)C[C@@](O)(C(=O)CO)C[C@@H]3O[C@H]1C[C@H](NC(=O)OCc2ccc(NC(=O)[C@H](CCCNC(N)=O)CC(=O)[C@@H](NC(=O)CCCCCN3C(=O)C=CC3=O)C(C)C)cc2)[C@H](C)[C@H](C)O1. The van der Waals surface area contributed by atoms with Crippen molar-refractivity contribution in [2.45, 2.75) is 249 Å². The number of phenolic OH excluding ortho intramolecular Hbond substituents is 2. The van der Waals surface area contributed by atoms with E-state index in [1.54, 1.807) is 127 Å². The van der Waals surface area contributed by atoms with Crippen molar-refractivity contribution in [2.24, 2.45) is 47.0 Å². The summed E-state index contributed by atoms with van der Waals surface area (Å²) >= 11 is 1.34. The fourth-order valence-corrected chi connectivity index (χ4v) is 20.8. The van der Waals surface area contributed by atoms with Gasteiger partial charge in [0.25, 0.3) is 23.6 Å². The van der Waals surface area contributed by atoms with Crippen LogP contribution >= 0.6 is 11.8 Å². The van der Waals surface area contributed by atoms with Gasteiger partial charge >= 0.3 is 30.2 Å². The number of ether oxygens (including phenoxy) is 5. The van der Waals surface area contributed by atoms with Gasteiger partial charge in [-0.3, -0.25) is 81.7 Å². The van der Waals surface area contributed by atoms with Crippen LogP contribution in [0.2, 0.25) is 0 Å². The number of aliphatic hydroxyl groups is 2. The number of β-lactam (4-membered cyclic amide) rings is 1. The van der Waals surface area contributed by atoms with E-state index < -0.39 is 195 Å².